The number of hydrogen-bond acceptors (Lipinski definition) is 8. The van der Waals surface area contributed by atoms with E-state index in [-0.39, 0.29) is 39.0 Å². The maximum absolute atomic E-state index is 13.4. The Kier molecular flexibility index (Phi) is 7.65. The third-order valence-electron chi connectivity index (χ3n) is 5.70. The van der Waals surface area contributed by atoms with Gasteiger partial charge in [0.05, 0.1) is 42.4 Å². The number of ether oxygens (including phenoxy) is 2. The average molecular weight is 561 g/mol. The van der Waals surface area contributed by atoms with Crippen LogP contribution in [-0.2, 0) is 26.1 Å². The predicted molar refractivity (Wildman–Crippen MR) is 139 cm³/mol. The predicted octanol–water partition coefficient (Wildman–Crippen LogP) is 3.87. The van der Waals surface area contributed by atoms with Crippen LogP contribution in [0.15, 0.2) is 64.7 Å². The Balaban J connectivity index is 1.73. The van der Waals surface area contributed by atoms with Crippen molar-refractivity contribution >= 4 is 44.2 Å². The number of fused-ring (bicyclic) bond motifs is 1. The molecule has 2 aromatic carbocycles. The summed E-state index contributed by atoms with van der Waals surface area (Å²) in [5.74, 6) is -1.71. The highest BCUT2D eigenvalue weighted by molar-refractivity contribution is 7.92. The molecule has 38 heavy (non-hydrogen) atoms. The monoisotopic (exact) mass is 560 g/mol. The molecule has 4 aromatic rings. The molecule has 2 heterocycles. The zero-order chi connectivity index (χ0) is 27.6. The molecule has 4 rings (SSSR count). The Hall–Kier alpha value is -4.03. The number of nitrogens with one attached hydrogen (secondary N) is 1. The SMILES string of the molecule is COC(=O)[C@H](C)Cn1cnc2ccc(-c3cnc(OC)c(NS(=O)(=O)c4ccc(F)cc4Cl)c3)cc2c1=O. The van der Waals surface area contributed by atoms with Crippen molar-refractivity contribution in [2.45, 2.75) is 18.4 Å². The van der Waals surface area contributed by atoms with Gasteiger partial charge in [-0.3, -0.25) is 18.9 Å². The summed E-state index contributed by atoms with van der Waals surface area (Å²) < 4.78 is 53.0. The molecular weight excluding hydrogens is 539 g/mol. The lowest BCUT2D eigenvalue weighted by Gasteiger charge is -2.14. The van der Waals surface area contributed by atoms with Gasteiger partial charge in [0.1, 0.15) is 16.4 Å². The molecule has 2 aromatic heterocycles. The number of halogens is 2. The summed E-state index contributed by atoms with van der Waals surface area (Å²) in [5.41, 5.74) is 1.09. The van der Waals surface area contributed by atoms with Gasteiger partial charge in [0.15, 0.2) is 0 Å². The number of esters is 1. The van der Waals surface area contributed by atoms with Crippen LogP contribution >= 0.6 is 11.6 Å². The van der Waals surface area contributed by atoms with Crippen LogP contribution in [0.5, 0.6) is 5.88 Å². The van der Waals surface area contributed by atoms with E-state index in [4.69, 9.17) is 21.1 Å². The number of hydrogen-bond donors (Lipinski definition) is 1. The first kappa shape index (κ1) is 27.0. The summed E-state index contributed by atoms with van der Waals surface area (Å²) in [5, 5.41) is -0.00137. The van der Waals surface area contributed by atoms with Gasteiger partial charge in [0.25, 0.3) is 15.6 Å². The van der Waals surface area contributed by atoms with Crippen molar-refractivity contribution in [3.05, 3.63) is 76.2 Å². The van der Waals surface area contributed by atoms with Crippen molar-refractivity contribution in [1.82, 2.24) is 14.5 Å². The Morgan fingerprint density at radius 3 is 2.58 bits per heavy atom. The van der Waals surface area contributed by atoms with Crippen molar-refractivity contribution < 1.29 is 27.1 Å². The van der Waals surface area contributed by atoms with E-state index in [1.165, 1.54) is 37.4 Å². The number of methoxy groups -OCH3 is 2. The fraction of sp³-hybridized carbons (Fsp3) is 0.200. The van der Waals surface area contributed by atoms with E-state index in [9.17, 15) is 22.4 Å². The van der Waals surface area contributed by atoms with Gasteiger partial charge in [0, 0.05) is 18.3 Å². The molecule has 0 unspecified atom stereocenters. The van der Waals surface area contributed by atoms with Crippen LogP contribution in [0.1, 0.15) is 6.92 Å². The Morgan fingerprint density at radius 2 is 1.89 bits per heavy atom. The highest BCUT2D eigenvalue weighted by Gasteiger charge is 2.22. The van der Waals surface area contributed by atoms with Crippen LogP contribution in [0.3, 0.4) is 0 Å². The molecule has 0 fully saturated rings. The van der Waals surface area contributed by atoms with Gasteiger partial charge in [-0.2, -0.15) is 0 Å². The molecule has 0 aliphatic carbocycles. The van der Waals surface area contributed by atoms with Crippen molar-refractivity contribution in [3.63, 3.8) is 0 Å². The van der Waals surface area contributed by atoms with E-state index >= 15 is 0 Å². The number of benzene rings is 2. The third-order valence-corrected chi connectivity index (χ3v) is 7.55. The average Bonchev–Trinajstić information content (AvgIpc) is 2.89. The number of anilines is 1. The molecule has 0 radical (unpaired) electrons. The quantitative estimate of drug-likeness (QED) is 0.321. The molecule has 10 nitrogen and oxygen atoms in total. The molecule has 13 heteroatoms. The lowest BCUT2D eigenvalue weighted by atomic mass is 10.0. The second-order valence-electron chi connectivity index (χ2n) is 8.32. The van der Waals surface area contributed by atoms with Gasteiger partial charge < -0.3 is 9.47 Å². The van der Waals surface area contributed by atoms with E-state index in [1.807, 2.05) is 0 Å². The molecule has 0 aliphatic heterocycles. The molecule has 1 N–H and O–H groups in total. The molecule has 1 atom stereocenters. The van der Waals surface area contributed by atoms with Crippen LogP contribution in [0.25, 0.3) is 22.0 Å². The van der Waals surface area contributed by atoms with Gasteiger partial charge in [-0.15, -0.1) is 0 Å². The molecule has 0 aliphatic rings. The first-order valence-electron chi connectivity index (χ1n) is 11.1. The fourth-order valence-electron chi connectivity index (χ4n) is 3.78. The Morgan fingerprint density at radius 1 is 1.13 bits per heavy atom. The van der Waals surface area contributed by atoms with Crippen molar-refractivity contribution in [2.75, 3.05) is 18.9 Å². The largest absolute Gasteiger partial charge is 0.480 e. The summed E-state index contributed by atoms with van der Waals surface area (Å²) >= 11 is 5.95. The van der Waals surface area contributed by atoms with Crippen LogP contribution in [0.2, 0.25) is 5.02 Å². The molecule has 0 amide bonds. The number of aromatic nitrogens is 3. The number of carbonyl (C=O) groups excluding carboxylic acids is 1. The van der Waals surface area contributed by atoms with Crippen LogP contribution in [-0.4, -0.2) is 43.1 Å². The number of sulfonamides is 1. The molecule has 0 saturated heterocycles. The number of pyridine rings is 1. The van der Waals surface area contributed by atoms with Gasteiger partial charge in [-0.1, -0.05) is 24.6 Å². The second kappa shape index (κ2) is 10.8. The maximum Gasteiger partial charge on any atom is 0.310 e. The van der Waals surface area contributed by atoms with Crippen molar-refractivity contribution in [1.29, 1.82) is 0 Å². The number of carbonyl (C=O) groups is 1. The minimum Gasteiger partial charge on any atom is -0.480 e. The lowest BCUT2D eigenvalue weighted by molar-refractivity contribution is -0.145. The van der Waals surface area contributed by atoms with Gasteiger partial charge in [-0.25, -0.2) is 22.8 Å². The fourth-order valence-corrected chi connectivity index (χ4v) is 5.36. The normalized spacial score (nSPS) is 12.2. The van der Waals surface area contributed by atoms with Gasteiger partial charge in [0.2, 0.25) is 5.88 Å². The maximum atomic E-state index is 13.4. The second-order valence-corrected chi connectivity index (χ2v) is 10.4. The van der Waals surface area contributed by atoms with Crippen LogP contribution in [0, 0.1) is 11.7 Å². The zero-order valence-corrected chi connectivity index (χ0v) is 22.0. The van der Waals surface area contributed by atoms with Gasteiger partial charge >= 0.3 is 5.97 Å². The highest BCUT2D eigenvalue weighted by Crippen LogP contribution is 2.32. The zero-order valence-electron chi connectivity index (χ0n) is 20.4. The third kappa shape index (κ3) is 5.46. The first-order chi connectivity index (χ1) is 18.0. The number of rotatable bonds is 8. The van der Waals surface area contributed by atoms with Crippen molar-refractivity contribution in [2.24, 2.45) is 5.92 Å². The summed E-state index contributed by atoms with van der Waals surface area (Å²) in [7, 11) is -1.63. The van der Waals surface area contributed by atoms with E-state index in [1.54, 1.807) is 25.1 Å². The van der Waals surface area contributed by atoms with Crippen LogP contribution < -0.4 is 15.0 Å². The topological polar surface area (TPSA) is 129 Å². The molecule has 0 bridgehead atoms. The Labute approximate surface area is 222 Å². The van der Waals surface area contributed by atoms with E-state index in [2.05, 4.69) is 14.7 Å². The molecule has 0 spiro atoms. The minimum atomic E-state index is -4.23. The first-order valence-corrected chi connectivity index (χ1v) is 13.0. The Bertz CT molecular complexity index is 1710. The molecular formula is C25H22ClFN4O6S. The van der Waals surface area contributed by atoms with E-state index < -0.39 is 27.7 Å². The summed E-state index contributed by atoms with van der Waals surface area (Å²) in [6.07, 6.45) is 2.82. The number of nitrogens with zero attached hydrogens (tertiary/aromatic N) is 3. The van der Waals surface area contributed by atoms with E-state index in [0.29, 0.717) is 16.6 Å². The van der Waals surface area contributed by atoms with E-state index in [0.717, 1.165) is 18.2 Å². The van der Waals surface area contributed by atoms with Crippen LogP contribution in [0.4, 0.5) is 10.1 Å². The minimum absolute atomic E-state index is 0.000916. The molecule has 198 valence electrons. The summed E-state index contributed by atoms with van der Waals surface area (Å²) in [4.78, 5) is 33.1. The standard InChI is InChI=1S/C25H22ClFN4O6S/c1-14(25(33)37-3)12-31-13-29-20-6-4-15(8-18(20)24(31)32)16-9-21(23(36-2)28-11-16)30-38(34,35)22-7-5-17(27)10-19(22)26/h4-11,13-14,30H,12H2,1-3H3/t14-/m1/s1. The smallest absolute Gasteiger partial charge is 0.310 e. The van der Waals surface area contributed by atoms with Crippen molar-refractivity contribution in [3.8, 4) is 17.0 Å². The summed E-state index contributed by atoms with van der Waals surface area (Å²) in [6.45, 7) is 1.73. The lowest BCUT2D eigenvalue weighted by Crippen LogP contribution is -2.27. The molecule has 0 saturated carbocycles. The van der Waals surface area contributed by atoms with Gasteiger partial charge in [-0.05, 0) is 42.0 Å². The highest BCUT2D eigenvalue weighted by atomic mass is 35.5. The summed E-state index contributed by atoms with van der Waals surface area (Å²) in [6, 6.07) is 9.35.